The lowest BCUT2D eigenvalue weighted by atomic mass is 10.1. The number of amides is 1. The van der Waals surface area contributed by atoms with Crippen molar-refractivity contribution in [1.29, 1.82) is 0 Å². The van der Waals surface area contributed by atoms with Crippen molar-refractivity contribution < 1.29 is 13.2 Å². The number of benzene rings is 2. The molecule has 1 amide bonds. The molecule has 0 saturated carbocycles. The van der Waals surface area contributed by atoms with Crippen molar-refractivity contribution in [2.75, 3.05) is 11.5 Å². The highest BCUT2D eigenvalue weighted by Crippen LogP contribution is 2.23. The molecule has 0 aliphatic carbocycles. The first-order valence-electron chi connectivity index (χ1n) is 7.75. The van der Waals surface area contributed by atoms with Gasteiger partial charge >= 0.3 is 0 Å². The molecule has 0 radical (unpaired) electrons. The number of sulfone groups is 1. The fraction of sp³-hybridized carbons (Fsp3) is 0.278. The Labute approximate surface area is 147 Å². The Kier molecular flexibility index (Phi) is 4.92. The van der Waals surface area contributed by atoms with E-state index in [4.69, 9.17) is 11.6 Å². The molecule has 1 unspecified atom stereocenters. The van der Waals surface area contributed by atoms with Crippen molar-refractivity contribution >= 4 is 27.3 Å². The van der Waals surface area contributed by atoms with Crippen LogP contribution in [0, 0.1) is 0 Å². The van der Waals surface area contributed by atoms with Crippen LogP contribution in [-0.2, 0) is 16.4 Å². The highest BCUT2D eigenvalue weighted by molar-refractivity contribution is 7.91. The first-order valence-corrected chi connectivity index (χ1v) is 9.95. The number of nitrogens with zero attached hydrogens (tertiary/aromatic N) is 1. The van der Waals surface area contributed by atoms with E-state index in [1.165, 1.54) is 0 Å². The minimum atomic E-state index is -3.08. The molecule has 126 valence electrons. The summed E-state index contributed by atoms with van der Waals surface area (Å²) < 4.78 is 23.7. The van der Waals surface area contributed by atoms with Gasteiger partial charge in [0.15, 0.2) is 9.84 Å². The predicted octanol–water partition coefficient (Wildman–Crippen LogP) is 3.17. The summed E-state index contributed by atoms with van der Waals surface area (Å²) >= 11 is 5.99. The average molecular weight is 364 g/mol. The largest absolute Gasteiger partial charge is 0.330 e. The molecule has 0 bridgehead atoms. The van der Waals surface area contributed by atoms with Crippen molar-refractivity contribution in [2.24, 2.45) is 0 Å². The van der Waals surface area contributed by atoms with Gasteiger partial charge in [0.05, 0.1) is 11.5 Å². The third kappa shape index (κ3) is 3.97. The molecule has 1 aliphatic heterocycles. The van der Waals surface area contributed by atoms with E-state index in [9.17, 15) is 13.2 Å². The molecule has 1 heterocycles. The summed E-state index contributed by atoms with van der Waals surface area (Å²) in [5.41, 5.74) is 1.44. The molecular weight excluding hydrogens is 346 g/mol. The van der Waals surface area contributed by atoms with Crippen LogP contribution in [0.1, 0.15) is 22.3 Å². The van der Waals surface area contributed by atoms with Crippen molar-refractivity contribution in [2.45, 2.75) is 19.0 Å². The van der Waals surface area contributed by atoms with E-state index in [1.807, 2.05) is 30.3 Å². The van der Waals surface area contributed by atoms with Crippen LogP contribution in [0.3, 0.4) is 0 Å². The number of carbonyl (C=O) groups is 1. The molecule has 4 nitrogen and oxygen atoms in total. The smallest absolute Gasteiger partial charge is 0.254 e. The monoisotopic (exact) mass is 363 g/mol. The SMILES string of the molecule is O=C(c1cccc(Cl)c1)N(Cc1ccccc1)C1CCS(=O)(=O)C1. The molecule has 0 aromatic heterocycles. The Morgan fingerprint density at radius 1 is 1.12 bits per heavy atom. The van der Waals surface area contributed by atoms with Crippen LogP contribution in [0.2, 0.25) is 5.02 Å². The number of carbonyl (C=O) groups excluding carboxylic acids is 1. The van der Waals surface area contributed by atoms with E-state index in [1.54, 1.807) is 29.2 Å². The van der Waals surface area contributed by atoms with Gasteiger partial charge in [0.2, 0.25) is 0 Å². The summed E-state index contributed by atoms with van der Waals surface area (Å²) in [5.74, 6) is -0.0405. The summed E-state index contributed by atoms with van der Waals surface area (Å²) in [6, 6.07) is 16.0. The molecule has 24 heavy (non-hydrogen) atoms. The van der Waals surface area contributed by atoms with Crippen LogP contribution in [0.15, 0.2) is 54.6 Å². The summed E-state index contributed by atoms with van der Waals surface area (Å²) in [4.78, 5) is 14.6. The van der Waals surface area contributed by atoms with Crippen LogP contribution in [0.4, 0.5) is 0 Å². The Morgan fingerprint density at radius 2 is 1.88 bits per heavy atom. The minimum Gasteiger partial charge on any atom is -0.330 e. The van der Waals surface area contributed by atoms with E-state index >= 15 is 0 Å². The fourth-order valence-electron chi connectivity index (χ4n) is 2.96. The second-order valence-electron chi connectivity index (χ2n) is 5.99. The Balaban J connectivity index is 1.91. The van der Waals surface area contributed by atoms with E-state index in [0.717, 1.165) is 5.56 Å². The Morgan fingerprint density at radius 3 is 2.50 bits per heavy atom. The third-order valence-electron chi connectivity index (χ3n) is 4.18. The van der Waals surface area contributed by atoms with Crippen LogP contribution in [0.5, 0.6) is 0 Å². The lowest BCUT2D eigenvalue weighted by Crippen LogP contribution is -2.40. The topological polar surface area (TPSA) is 54.5 Å². The maximum absolute atomic E-state index is 13.0. The average Bonchev–Trinajstić information content (AvgIpc) is 2.93. The van der Waals surface area contributed by atoms with E-state index in [0.29, 0.717) is 23.6 Å². The van der Waals surface area contributed by atoms with Gasteiger partial charge in [0, 0.05) is 23.2 Å². The second-order valence-corrected chi connectivity index (χ2v) is 8.65. The van der Waals surface area contributed by atoms with E-state index < -0.39 is 9.84 Å². The maximum atomic E-state index is 13.0. The zero-order valence-corrected chi connectivity index (χ0v) is 14.6. The molecule has 1 saturated heterocycles. The number of hydrogen-bond acceptors (Lipinski definition) is 3. The summed E-state index contributed by atoms with van der Waals surface area (Å²) in [5, 5.41) is 0.486. The van der Waals surface area contributed by atoms with E-state index in [-0.39, 0.29) is 23.5 Å². The number of halogens is 1. The molecule has 2 aromatic carbocycles. The quantitative estimate of drug-likeness (QED) is 0.838. The maximum Gasteiger partial charge on any atom is 0.254 e. The first kappa shape index (κ1) is 17.0. The highest BCUT2D eigenvalue weighted by atomic mass is 35.5. The predicted molar refractivity (Wildman–Crippen MR) is 94.8 cm³/mol. The standard InChI is InChI=1S/C18H18ClNO3S/c19-16-8-4-7-15(11-16)18(21)20(12-14-5-2-1-3-6-14)17-9-10-24(22,23)13-17/h1-8,11,17H,9-10,12-13H2. The first-order chi connectivity index (χ1) is 11.4. The minimum absolute atomic E-state index is 0.0200. The van der Waals surface area contributed by atoms with Crippen molar-refractivity contribution in [1.82, 2.24) is 4.90 Å². The summed E-state index contributed by atoms with van der Waals surface area (Å²) in [6.07, 6.45) is 0.474. The van der Waals surface area contributed by atoms with Gasteiger partial charge in [0.1, 0.15) is 0 Å². The van der Waals surface area contributed by atoms with Crippen LogP contribution >= 0.6 is 11.6 Å². The zero-order valence-electron chi connectivity index (χ0n) is 13.1. The Bertz CT molecular complexity index is 836. The molecular formula is C18H18ClNO3S. The van der Waals surface area contributed by atoms with Crippen LogP contribution in [-0.4, -0.2) is 36.8 Å². The normalized spacial score (nSPS) is 19.1. The zero-order chi connectivity index (χ0) is 17.2. The van der Waals surface area contributed by atoms with Crippen molar-refractivity contribution in [3.05, 3.63) is 70.7 Å². The summed E-state index contributed by atoms with van der Waals surface area (Å²) in [7, 11) is -3.08. The van der Waals surface area contributed by atoms with Gasteiger partial charge in [-0.15, -0.1) is 0 Å². The fourth-order valence-corrected chi connectivity index (χ4v) is 4.88. The molecule has 2 aromatic rings. The lowest BCUT2D eigenvalue weighted by molar-refractivity contribution is 0.0681. The van der Waals surface area contributed by atoms with Gasteiger partial charge in [-0.05, 0) is 30.2 Å². The lowest BCUT2D eigenvalue weighted by Gasteiger charge is -2.28. The Hall–Kier alpha value is -1.85. The van der Waals surface area contributed by atoms with Crippen LogP contribution in [0.25, 0.3) is 0 Å². The molecule has 6 heteroatoms. The van der Waals surface area contributed by atoms with Gasteiger partial charge < -0.3 is 4.90 Å². The molecule has 1 atom stereocenters. The molecule has 0 spiro atoms. The summed E-state index contributed by atoms with van der Waals surface area (Å²) in [6.45, 7) is 0.381. The van der Waals surface area contributed by atoms with Crippen molar-refractivity contribution in [3.63, 3.8) is 0 Å². The molecule has 1 aliphatic rings. The van der Waals surface area contributed by atoms with Crippen molar-refractivity contribution in [3.8, 4) is 0 Å². The van der Waals surface area contributed by atoms with Crippen LogP contribution < -0.4 is 0 Å². The molecule has 0 N–H and O–H groups in total. The second kappa shape index (κ2) is 6.95. The van der Waals surface area contributed by atoms with Gasteiger partial charge in [-0.1, -0.05) is 48.0 Å². The number of hydrogen-bond donors (Lipinski definition) is 0. The molecule has 3 rings (SSSR count). The van der Waals surface area contributed by atoms with Gasteiger partial charge in [-0.3, -0.25) is 4.79 Å². The van der Waals surface area contributed by atoms with Gasteiger partial charge in [-0.2, -0.15) is 0 Å². The van der Waals surface area contributed by atoms with Gasteiger partial charge in [0.25, 0.3) is 5.91 Å². The van der Waals surface area contributed by atoms with E-state index in [2.05, 4.69) is 0 Å². The molecule has 1 fully saturated rings. The van der Waals surface area contributed by atoms with Gasteiger partial charge in [-0.25, -0.2) is 8.42 Å². The third-order valence-corrected chi connectivity index (χ3v) is 6.16. The number of rotatable bonds is 4. The highest BCUT2D eigenvalue weighted by Gasteiger charge is 2.35.